The quantitative estimate of drug-likeness (QED) is 0.662. The Morgan fingerprint density at radius 1 is 1.30 bits per heavy atom. The Bertz CT molecular complexity index is 887. The number of amides is 1. The van der Waals surface area contributed by atoms with Crippen molar-refractivity contribution in [1.82, 2.24) is 9.97 Å². The molecule has 2 N–H and O–H groups in total. The number of nitrogens with zero attached hydrogens (tertiary/aromatic N) is 1. The molecule has 1 amide bonds. The lowest BCUT2D eigenvalue weighted by molar-refractivity contribution is 0.102. The summed E-state index contributed by atoms with van der Waals surface area (Å²) in [7, 11) is 0. The van der Waals surface area contributed by atoms with Crippen molar-refractivity contribution in [3.05, 3.63) is 74.5 Å². The highest BCUT2D eigenvalue weighted by Crippen LogP contribution is 2.22. The second-order valence-electron chi connectivity index (χ2n) is 4.80. The second kappa shape index (κ2) is 7.04. The van der Waals surface area contributed by atoms with Crippen molar-refractivity contribution in [3.8, 4) is 0 Å². The van der Waals surface area contributed by atoms with E-state index in [1.54, 1.807) is 24.5 Å². The zero-order valence-corrected chi connectivity index (χ0v) is 14.3. The lowest BCUT2D eigenvalue weighted by Gasteiger charge is -2.01. The van der Waals surface area contributed by atoms with Crippen molar-refractivity contribution in [1.29, 1.82) is 0 Å². The summed E-state index contributed by atoms with van der Waals surface area (Å²) in [5.41, 5.74) is 1.57. The number of hydrogen-bond acceptors (Lipinski definition) is 4. The summed E-state index contributed by atoms with van der Waals surface area (Å²) >= 11 is 12.4. The molecule has 0 aliphatic carbocycles. The largest absolute Gasteiger partial charge is 0.352 e. The fraction of sp³-hybridized carbons (Fsp3) is 0.0625. The molecule has 2 aromatic heterocycles. The van der Waals surface area contributed by atoms with Crippen LogP contribution in [-0.4, -0.2) is 15.9 Å². The molecular formula is C16H12ClN3OS2. The van der Waals surface area contributed by atoms with E-state index in [1.165, 1.54) is 11.3 Å². The number of nitrogens with one attached hydrogen (secondary N) is 2. The zero-order chi connectivity index (χ0) is 16.2. The molecule has 1 aromatic carbocycles. The topological polar surface area (TPSA) is 57.8 Å². The number of rotatable bonds is 4. The van der Waals surface area contributed by atoms with Crippen molar-refractivity contribution in [3.63, 3.8) is 0 Å². The number of benzene rings is 1. The summed E-state index contributed by atoms with van der Waals surface area (Å²) in [4.78, 5) is 20.3. The fourth-order valence-electron chi connectivity index (χ4n) is 2.02. The van der Waals surface area contributed by atoms with Crippen LogP contribution in [0.3, 0.4) is 0 Å². The van der Waals surface area contributed by atoms with Gasteiger partial charge in [0.25, 0.3) is 5.91 Å². The molecule has 0 atom stereocenters. The first kappa shape index (κ1) is 15.9. The number of aromatic amines is 1. The maximum Gasteiger partial charge on any atom is 0.260 e. The number of anilines is 1. The predicted octanol–water partition coefficient (Wildman–Crippen LogP) is 4.70. The van der Waals surface area contributed by atoms with Gasteiger partial charge in [0.15, 0.2) is 5.13 Å². The normalized spacial score (nSPS) is 10.5. The van der Waals surface area contributed by atoms with E-state index in [0.717, 1.165) is 16.9 Å². The minimum atomic E-state index is -0.265. The van der Waals surface area contributed by atoms with Crippen LogP contribution in [-0.2, 0) is 6.42 Å². The highest BCUT2D eigenvalue weighted by atomic mass is 35.5. The molecule has 7 heteroatoms. The Morgan fingerprint density at radius 3 is 2.83 bits per heavy atom. The molecule has 0 fully saturated rings. The first-order chi connectivity index (χ1) is 11.1. The maximum absolute atomic E-state index is 12.2. The summed E-state index contributed by atoms with van der Waals surface area (Å²) in [6, 6.07) is 11.1. The average Bonchev–Trinajstić information content (AvgIpc) is 2.97. The number of hydrogen-bond donors (Lipinski definition) is 2. The summed E-state index contributed by atoms with van der Waals surface area (Å²) in [5, 5.41) is 4.04. The zero-order valence-electron chi connectivity index (χ0n) is 11.9. The van der Waals surface area contributed by atoms with Crippen LogP contribution in [0.5, 0.6) is 0 Å². The van der Waals surface area contributed by atoms with Gasteiger partial charge in [0.1, 0.15) is 4.64 Å². The first-order valence-corrected chi connectivity index (χ1v) is 8.40. The van der Waals surface area contributed by atoms with Gasteiger partial charge in [-0.25, -0.2) is 4.98 Å². The van der Waals surface area contributed by atoms with Gasteiger partial charge < -0.3 is 4.98 Å². The number of pyridine rings is 1. The number of carbonyl (C=O) groups is 1. The third-order valence-electron chi connectivity index (χ3n) is 3.13. The monoisotopic (exact) mass is 361 g/mol. The Hall–Kier alpha value is -2.02. The molecule has 0 unspecified atom stereocenters. The Labute approximate surface area is 147 Å². The molecule has 3 rings (SSSR count). The van der Waals surface area contributed by atoms with E-state index in [9.17, 15) is 4.79 Å². The molecule has 2 heterocycles. The van der Waals surface area contributed by atoms with Crippen LogP contribution in [0.1, 0.15) is 20.8 Å². The van der Waals surface area contributed by atoms with E-state index >= 15 is 0 Å². The molecular weight excluding hydrogens is 350 g/mol. The lowest BCUT2D eigenvalue weighted by atomic mass is 10.1. The van der Waals surface area contributed by atoms with E-state index in [4.69, 9.17) is 23.8 Å². The molecule has 23 heavy (non-hydrogen) atoms. The average molecular weight is 362 g/mol. The van der Waals surface area contributed by atoms with E-state index in [1.807, 2.05) is 24.3 Å². The fourth-order valence-corrected chi connectivity index (χ4v) is 3.21. The molecule has 0 bridgehead atoms. The van der Waals surface area contributed by atoms with E-state index < -0.39 is 0 Å². The molecule has 0 saturated carbocycles. The van der Waals surface area contributed by atoms with Crippen LogP contribution in [0.4, 0.5) is 5.13 Å². The molecule has 116 valence electrons. The Balaban J connectivity index is 1.70. The first-order valence-electron chi connectivity index (χ1n) is 6.80. The minimum Gasteiger partial charge on any atom is -0.352 e. The number of aromatic nitrogens is 2. The van der Waals surface area contributed by atoms with Crippen molar-refractivity contribution >= 4 is 46.2 Å². The van der Waals surface area contributed by atoms with Gasteiger partial charge in [0.05, 0.1) is 5.56 Å². The molecule has 4 nitrogen and oxygen atoms in total. The standard InChI is InChI=1S/C16H12ClN3OS2/c17-11-5-3-10(4-6-11)8-12-9-19-16(23-12)20-14(21)13-2-1-7-18-15(13)22/h1-7,9H,8H2,(H,18,22)(H,19,20,21). The van der Waals surface area contributed by atoms with Gasteiger partial charge in [0.2, 0.25) is 0 Å². The van der Waals surface area contributed by atoms with Crippen LogP contribution in [0, 0.1) is 4.64 Å². The van der Waals surface area contributed by atoms with Crippen molar-refractivity contribution < 1.29 is 4.79 Å². The van der Waals surface area contributed by atoms with Gasteiger partial charge in [-0.05, 0) is 29.8 Å². The summed E-state index contributed by atoms with van der Waals surface area (Å²) in [5.74, 6) is -0.265. The Morgan fingerprint density at radius 2 is 2.09 bits per heavy atom. The third-order valence-corrected chi connectivity index (χ3v) is 4.63. The number of carbonyl (C=O) groups excluding carboxylic acids is 1. The summed E-state index contributed by atoms with van der Waals surface area (Å²) in [6.45, 7) is 0. The summed E-state index contributed by atoms with van der Waals surface area (Å²) < 4.78 is 0.406. The number of thiazole rings is 1. The minimum absolute atomic E-state index is 0.265. The molecule has 0 radical (unpaired) electrons. The van der Waals surface area contributed by atoms with Crippen LogP contribution in [0.25, 0.3) is 0 Å². The second-order valence-corrected chi connectivity index (χ2v) is 6.76. The summed E-state index contributed by atoms with van der Waals surface area (Å²) in [6.07, 6.45) is 4.20. The van der Waals surface area contributed by atoms with Gasteiger partial charge in [0, 0.05) is 28.7 Å². The van der Waals surface area contributed by atoms with Gasteiger partial charge >= 0.3 is 0 Å². The van der Waals surface area contributed by atoms with Crippen molar-refractivity contribution in [2.75, 3.05) is 5.32 Å². The van der Waals surface area contributed by atoms with Gasteiger partial charge in [-0.1, -0.05) is 36.0 Å². The van der Waals surface area contributed by atoms with Gasteiger partial charge in [-0.2, -0.15) is 0 Å². The predicted molar refractivity (Wildman–Crippen MR) is 96.0 cm³/mol. The molecule has 0 aliphatic heterocycles. The van der Waals surface area contributed by atoms with Crippen LogP contribution in [0.15, 0.2) is 48.8 Å². The van der Waals surface area contributed by atoms with E-state index in [-0.39, 0.29) is 5.91 Å². The third kappa shape index (κ3) is 4.04. The van der Waals surface area contributed by atoms with Crippen LogP contribution in [0.2, 0.25) is 5.02 Å². The smallest absolute Gasteiger partial charge is 0.260 e. The van der Waals surface area contributed by atoms with Gasteiger partial charge in [-0.3, -0.25) is 10.1 Å². The highest BCUT2D eigenvalue weighted by Gasteiger charge is 2.10. The van der Waals surface area contributed by atoms with Crippen molar-refractivity contribution in [2.24, 2.45) is 0 Å². The molecule has 0 aliphatic rings. The number of halogens is 1. The lowest BCUT2D eigenvalue weighted by Crippen LogP contribution is -2.12. The Kier molecular flexibility index (Phi) is 4.85. The van der Waals surface area contributed by atoms with Gasteiger partial charge in [-0.15, -0.1) is 11.3 Å². The van der Waals surface area contributed by atoms with Crippen LogP contribution >= 0.6 is 35.2 Å². The molecule has 0 saturated heterocycles. The SMILES string of the molecule is O=C(Nc1ncc(Cc2ccc(Cl)cc2)s1)c1ccc[nH]c1=S. The molecule has 3 aromatic rings. The highest BCUT2D eigenvalue weighted by molar-refractivity contribution is 7.71. The van der Waals surface area contributed by atoms with E-state index in [2.05, 4.69) is 15.3 Å². The number of H-pyrrole nitrogens is 1. The van der Waals surface area contributed by atoms with Crippen LogP contribution < -0.4 is 5.32 Å². The molecule has 0 spiro atoms. The maximum atomic E-state index is 12.2. The van der Waals surface area contributed by atoms with E-state index in [0.29, 0.717) is 20.4 Å². The van der Waals surface area contributed by atoms with Crippen molar-refractivity contribution in [2.45, 2.75) is 6.42 Å².